The van der Waals surface area contributed by atoms with Crippen molar-refractivity contribution < 1.29 is 13.9 Å². The third-order valence-corrected chi connectivity index (χ3v) is 2.95. The van der Waals surface area contributed by atoms with E-state index in [1.807, 2.05) is 26.0 Å². The monoisotopic (exact) mass is 246 g/mol. The fourth-order valence-corrected chi connectivity index (χ4v) is 1.82. The zero-order chi connectivity index (χ0) is 13.3. The van der Waals surface area contributed by atoms with Crippen LogP contribution in [0.1, 0.15) is 23.6 Å². The van der Waals surface area contributed by atoms with Crippen LogP contribution in [-0.4, -0.2) is 5.97 Å². The molecule has 0 atom stereocenters. The summed E-state index contributed by atoms with van der Waals surface area (Å²) in [4.78, 5) is 22.3. The van der Waals surface area contributed by atoms with Crippen molar-refractivity contribution in [3.63, 3.8) is 0 Å². The largest absolute Gasteiger partial charge is 0.461 e. The summed E-state index contributed by atoms with van der Waals surface area (Å²) in [6.45, 7) is 5.27. The van der Waals surface area contributed by atoms with Crippen molar-refractivity contribution in [2.75, 3.05) is 0 Å². The molecule has 0 saturated carbocycles. The van der Waals surface area contributed by atoms with Gasteiger partial charge >= 0.3 is 11.6 Å². The third-order valence-electron chi connectivity index (χ3n) is 2.95. The lowest BCUT2D eigenvalue weighted by molar-refractivity contribution is -0.142. The molecule has 4 heteroatoms. The van der Waals surface area contributed by atoms with Crippen LogP contribution in [0.25, 0.3) is 11.0 Å². The van der Waals surface area contributed by atoms with Gasteiger partial charge in [0.15, 0.2) is 0 Å². The Balaban J connectivity index is 2.63. The average Bonchev–Trinajstić information content (AvgIpc) is 2.31. The van der Waals surface area contributed by atoms with Crippen molar-refractivity contribution in [1.82, 2.24) is 0 Å². The van der Waals surface area contributed by atoms with Gasteiger partial charge in [-0.2, -0.15) is 0 Å². The zero-order valence-corrected chi connectivity index (χ0v) is 10.6. The molecule has 0 bridgehead atoms. The molecule has 2 aromatic rings. The van der Waals surface area contributed by atoms with Crippen molar-refractivity contribution >= 4 is 16.9 Å². The first-order valence-electron chi connectivity index (χ1n) is 5.65. The number of hydrogen-bond acceptors (Lipinski definition) is 4. The van der Waals surface area contributed by atoms with E-state index in [9.17, 15) is 9.59 Å². The highest BCUT2D eigenvalue weighted by atomic mass is 16.5. The molecule has 0 fully saturated rings. The van der Waals surface area contributed by atoms with Gasteiger partial charge in [0.25, 0.3) is 0 Å². The van der Waals surface area contributed by atoms with Crippen molar-refractivity contribution in [3.05, 3.63) is 45.3 Å². The Morgan fingerprint density at radius 3 is 2.72 bits per heavy atom. The van der Waals surface area contributed by atoms with Crippen LogP contribution in [0.3, 0.4) is 0 Å². The Morgan fingerprint density at radius 1 is 1.33 bits per heavy atom. The molecule has 1 aromatic carbocycles. The van der Waals surface area contributed by atoms with Crippen molar-refractivity contribution in [2.24, 2.45) is 0 Å². The molecule has 0 saturated heterocycles. The number of carbonyl (C=O) groups excluding carboxylic acids is 1. The van der Waals surface area contributed by atoms with Gasteiger partial charge in [-0.1, -0.05) is 12.1 Å². The van der Waals surface area contributed by atoms with E-state index in [-0.39, 0.29) is 12.6 Å². The molecule has 0 unspecified atom stereocenters. The molecular formula is C14H14O4. The number of benzene rings is 1. The van der Waals surface area contributed by atoms with E-state index < -0.39 is 5.63 Å². The molecule has 1 heterocycles. The average molecular weight is 246 g/mol. The number of aryl methyl sites for hydroxylation is 2. The van der Waals surface area contributed by atoms with E-state index >= 15 is 0 Å². The van der Waals surface area contributed by atoms with Crippen LogP contribution < -0.4 is 5.63 Å². The summed E-state index contributed by atoms with van der Waals surface area (Å²) < 4.78 is 10.2. The van der Waals surface area contributed by atoms with Crippen LogP contribution in [0.15, 0.2) is 27.4 Å². The van der Waals surface area contributed by atoms with Gasteiger partial charge in [0.1, 0.15) is 12.2 Å². The number of ether oxygens (including phenoxy) is 1. The standard InChI is InChI=1S/C14H14O4/c1-8-4-5-12-11(7-17-10(3)15)6-13(16)18-14(12)9(8)2/h4-6H,7H2,1-3H3. The lowest BCUT2D eigenvalue weighted by atomic mass is 10.0. The Kier molecular flexibility index (Phi) is 3.19. The molecule has 0 amide bonds. The number of fused-ring (bicyclic) bond motifs is 1. The summed E-state index contributed by atoms with van der Waals surface area (Å²) in [5, 5.41) is 0.805. The lowest BCUT2D eigenvalue weighted by Gasteiger charge is -2.08. The van der Waals surface area contributed by atoms with Gasteiger partial charge in [0.2, 0.25) is 0 Å². The van der Waals surface area contributed by atoms with Crippen LogP contribution in [-0.2, 0) is 16.1 Å². The van der Waals surface area contributed by atoms with E-state index in [2.05, 4.69) is 0 Å². The van der Waals surface area contributed by atoms with E-state index in [4.69, 9.17) is 9.15 Å². The minimum atomic E-state index is -0.432. The summed E-state index contributed by atoms with van der Waals surface area (Å²) >= 11 is 0. The first-order chi connectivity index (χ1) is 8.49. The molecule has 2 rings (SSSR count). The van der Waals surface area contributed by atoms with E-state index in [0.717, 1.165) is 16.5 Å². The fraction of sp³-hybridized carbons (Fsp3) is 0.286. The molecule has 0 radical (unpaired) electrons. The van der Waals surface area contributed by atoms with Crippen LogP contribution >= 0.6 is 0 Å². The predicted octanol–water partition coefficient (Wildman–Crippen LogP) is 2.47. The highest BCUT2D eigenvalue weighted by Crippen LogP contribution is 2.23. The molecule has 0 aliphatic carbocycles. The Morgan fingerprint density at radius 2 is 2.06 bits per heavy atom. The van der Waals surface area contributed by atoms with E-state index in [0.29, 0.717) is 11.1 Å². The lowest BCUT2D eigenvalue weighted by Crippen LogP contribution is -2.05. The maximum atomic E-state index is 11.5. The SMILES string of the molecule is CC(=O)OCc1cc(=O)oc2c(C)c(C)ccc12. The van der Waals surface area contributed by atoms with Gasteiger partial charge < -0.3 is 9.15 Å². The van der Waals surface area contributed by atoms with Crippen molar-refractivity contribution in [3.8, 4) is 0 Å². The molecule has 0 aliphatic rings. The molecule has 0 N–H and O–H groups in total. The predicted molar refractivity (Wildman–Crippen MR) is 67.4 cm³/mol. The number of carbonyl (C=O) groups is 1. The number of hydrogen-bond donors (Lipinski definition) is 0. The molecule has 0 aliphatic heterocycles. The Labute approximate surface area is 104 Å². The maximum absolute atomic E-state index is 11.5. The highest BCUT2D eigenvalue weighted by molar-refractivity contribution is 5.84. The fourth-order valence-electron chi connectivity index (χ4n) is 1.82. The Hall–Kier alpha value is -2.10. The minimum absolute atomic E-state index is 0.0833. The van der Waals surface area contributed by atoms with Gasteiger partial charge in [-0.15, -0.1) is 0 Å². The first-order valence-corrected chi connectivity index (χ1v) is 5.65. The third kappa shape index (κ3) is 2.27. The van der Waals surface area contributed by atoms with Gasteiger partial charge in [0, 0.05) is 23.9 Å². The zero-order valence-electron chi connectivity index (χ0n) is 10.6. The van der Waals surface area contributed by atoms with Crippen LogP contribution in [0.5, 0.6) is 0 Å². The van der Waals surface area contributed by atoms with Crippen molar-refractivity contribution in [1.29, 1.82) is 0 Å². The smallest absolute Gasteiger partial charge is 0.336 e. The molecule has 0 spiro atoms. The second-order valence-corrected chi connectivity index (χ2v) is 4.26. The van der Waals surface area contributed by atoms with Crippen LogP contribution in [0.4, 0.5) is 0 Å². The Bertz CT molecular complexity index is 667. The topological polar surface area (TPSA) is 56.5 Å². The minimum Gasteiger partial charge on any atom is -0.461 e. The summed E-state index contributed by atoms with van der Waals surface area (Å²) in [7, 11) is 0. The number of rotatable bonds is 2. The van der Waals surface area contributed by atoms with E-state index in [1.54, 1.807) is 0 Å². The van der Waals surface area contributed by atoms with Gasteiger partial charge in [0.05, 0.1) is 0 Å². The molecule has 4 nitrogen and oxygen atoms in total. The van der Waals surface area contributed by atoms with Gasteiger partial charge in [-0.3, -0.25) is 4.79 Å². The second kappa shape index (κ2) is 4.64. The summed E-state index contributed by atoms with van der Waals surface area (Å²) in [6, 6.07) is 5.19. The maximum Gasteiger partial charge on any atom is 0.336 e. The van der Waals surface area contributed by atoms with Gasteiger partial charge in [-0.25, -0.2) is 4.79 Å². The summed E-state index contributed by atoms with van der Waals surface area (Å²) in [6.07, 6.45) is 0. The van der Waals surface area contributed by atoms with Crippen molar-refractivity contribution in [2.45, 2.75) is 27.4 Å². The summed E-state index contributed by atoms with van der Waals surface area (Å²) in [5.41, 5.74) is 2.77. The highest BCUT2D eigenvalue weighted by Gasteiger charge is 2.10. The molecular weight excluding hydrogens is 232 g/mol. The normalized spacial score (nSPS) is 10.6. The molecule has 1 aromatic heterocycles. The number of esters is 1. The first kappa shape index (κ1) is 12.4. The summed E-state index contributed by atoms with van der Waals surface area (Å²) in [5.74, 6) is -0.375. The second-order valence-electron chi connectivity index (χ2n) is 4.26. The van der Waals surface area contributed by atoms with Gasteiger partial charge in [-0.05, 0) is 25.0 Å². The van der Waals surface area contributed by atoms with Crippen LogP contribution in [0, 0.1) is 13.8 Å². The quantitative estimate of drug-likeness (QED) is 0.603. The molecule has 94 valence electrons. The van der Waals surface area contributed by atoms with E-state index in [1.165, 1.54) is 13.0 Å². The van der Waals surface area contributed by atoms with Crippen LogP contribution in [0.2, 0.25) is 0 Å². The molecule has 18 heavy (non-hydrogen) atoms.